The van der Waals surface area contributed by atoms with Crippen LogP contribution < -0.4 is 0 Å². The summed E-state index contributed by atoms with van der Waals surface area (Å²) in [6.07, 6.45) is 1.61. The van der Waals surface area contributed by atoms with E-state index in [0.29, 0.717) is 23.4 Å². The molecule has 0 amide bonds. The Morgan fingerprint density at radius 1 is 1.32 bits per heavy atom. The van der Waals surface area contributed by atoms with Crippen molar-refractivity contribution in [3.05, 3.63) is 56.7 Å². The van der Waals surface area contributed by atoms with Gasteiger partial charge in [-0.15, -0.1) is 0 Å². The number of aliphatic imine (C=N–C) groups is 1. The quantitative estimate of drug-likeness (QED) is 0.467. The van der Waals surface area contributed by atoms with Gasteiger partial charge < -0.3 is 9.84 Å². The van der Waals surface area contributed by atoms with Crippen molar-refractivity contribution in [1.82, 2.24) is 0 Å². The SMILES string of the molecule is CCOC(=O)c1ccc(/N=C/c2cc(C)cc(I)c2O)cc1. The Hall–Kier alpha value is -1.89. The van der Waals surface area contributed by atoms with Crippen molar-refractivity contribution in [3.8, 4) is 5.75 Å². The normalized spacial score (nSPS) is 10.9. The van der Waals surface area contributed by atoms with E-state index >= 15 is 0 Å². The smallest absolute Gasteiger partial charge is 0.338 e. The maximum Gasteiger partial charge on any atom is 0.338 e. The Bertz CT molecular complexity index is 709. The summed E-state index contributed by atoms with van der Waals surface area (Å²) in [6.45, 7) is 4.09. The molecule has 0 aliphatic carbocycles. The van der Waals surface area contributed by atoms with Crippen LogP contribution in [0.4, 0.5) is 5.69 Å². The van der Waals surface area contributed by atoms with E-state index in [0.717, 1.165) is 9.13 Å². The average Bonchev–Trinajstić information content (AvgIpc) is 2.50. The zero-order chi connectivity index (χ0) is 16.1. The van der Waals surface area contributed by atoms with Crippen molar-refractivity contribution in [3.63, 3.8) is 0 Å². The van der Waals surface area contributed by atoms with Gasteiger partial charge in [0.15, 0.2) is 0 Å². The monoisotopic (exact) mass is 409 g/mol. The first kappa shape index (κ1) is 16.5. The molecule has 22 heavy (non-hydrogen) atoms. The number of rotatable bonds is 4. The molecular weight excluding hydrogens is 393 g/mol. The van der Waals surface area contributed by atoms with Gasteiger partial charge in [0.2, 0.25) is 0 Å². The Labute approximate surface area is 143 Å². The molecule has 0 aromatic heterocycles. The molecule has 114 valence electrons. The molecule has 0 spiro atoms. The van der Waals surface area contributed by atoms with Crippen LogP contribution >= 0.6 is 22.6 Å². The van der Waals surface area contributed by atoms with Crippen molar-refractivity contribution in [2.75, 3.05) is 6.61 Å². The second kappa shape index (κ2) is 7.40. The van der Waals surface area contributed by atoms with Crippen LogP contribution in [0.3, 0.4) is 0 Å². The number of carbonyl (C=O) groups excluding carboxylic acids is 1. The number of phenolic OH excluding ortho intramolecular Hbond substituents is 1. The third-order valence-electron chi connectivity index (χ3n) is 2.97. The lowest BCUT2D eigenvalue weighted by molar-refractivity contribution is 0.0526. The molecule has 0 heterocycles. The number of nitrogens with zero attached hydrogens (tertiary/aromatic N) is 1. The van der Waals surface area contributed by atoms with Crippen molar-refractivity contribution in [2.45, 2.75) is 13.8 Å². The Kier molecular flexibility index (Phi) is 5.54. The first-order chi connectivity index (χ1) is 10.5. The minimum Gasteiger partial charge on any atom is -0.506 e. The van der Waals surface area contributed by atoms with Crippen LogP contribution in [-0.2, 0) is 4.74 Å². The van der Waals surface area contributed by atoms with E-state index in [1.54, 1.807) is 37.4 Å². The summed E-state index contributed by atoms with van der Waals surface area (Å²) in [5.74, 6) is -0.123. The minimum atomic E-state index is -0.344. The predicted octanol–water partition coefficient (Wildman–Crippen LogP) is 4.23. The average molecular weight is 409 g/mol. The van der Waals surface area contributed by atoms with E-state index in [-0.39, 0.29) is 11.7 Å². The molecule has 2 rings (SSSR count). The molecule has 0 unspecified atom stereocenters. The Balaban J connectivity index is 2.19. The molecule has 2 aromatic rings. The second-order valence-corrected chi connectivity index (χ2v) is 5.87. The van der Waals surface area contributed by atoms with Crippen molar-refractivity contribution in [1.29, 1.82) is 0 Å². The number of benzene rings is 2. The minimum absolute atomic E-state index is 0.220. The zero-order valence-corrected chi connectivity index (χ0v) is 14.5. The topological polar surface area (TPSA) is 58.9 Å². The zero-order valence-electron chi connectivity index (χ0n) is 12.3. The maximum absolute atomic E-state index is 11.6. The van der Waals surface area contributed by atoms with E-state index in [4.69, 9.17) is 4.74 Å². The summed E-state index contributed by atoms with van der Waals surface area (Å²) >= 11 is 2.09. The lowest BCUT2D eigenvalue weighted by atomic mass is 10.1. The third-order valence-corrected chi connectivity index (χ3v) is 3.79. The summed E-state index contributed by atoms with van der Waals surface area (Å²) in [5, 5.41) is 10.0. The highest BCUT2D eigenvalue weighted by Gasteiger charge is 2.06. The largest absolute Gasteiger partial charge is 0.506 e. The van der Waals surface area contributed by atoms with Gasteiger partial charge in [-0.3, -0.25) is 4.99 Å². The van der Waals surface area contributed by atoms with Crippen molar-refractivity contribution in [2.24, 2.45) is 4.99 Å². The molecule has 4 nitrogen and oxygen atoms in total. The number of aryl methyl sites for hydroxylation is 1. The highest BCUT2D eigenvalue weighted by Crippen LogP contribution is 2.25. The maximum atomic E-state index is 11.6. The molecular formula is C17H16INO3. The number of carbonyl (C=O) groups is 1. The molecule has 0 fully saturated rings. The number of halogens is 1. The number of ether oxygens (including phenoxy) is 1. The van der Waals surface area contributed by atoms with Gasteiger partial charge in [-0.05, 0) is 78.4 Å². The van der Waals surface area contributed by atoms with Gasteiger partial charge in [-0.25, -0.2) is 4.79 Å². The number of esters is 1. The van der Waals surface area contributed by atoms with Crippen molar-refractivity contribution >= 4 is 40.5 Å². The van der Waals surface area contributed by atoms with Crippen molar-refractivity contribution < 1.29 is 14.6 Å². The molecule has 5 heteroatoms. The fourth-order valence-corrected chi connectivity index (χ4v) is 2.70. The van der Waals surface area contributed by atoms with Gasteiger partial charge in [-0.1, -0.05) is 0 Å². The summed E-state index contributed by atoms with van der Waals surface area (Å²) < 4.78 is 5.72. The predicted molar refractivity (Wildman–Crippen MR) is 95.2 cm³/mol. The summed E-state index contributed by atoms with van der Waals surface area (Å²) in [6, 6.07) is 10.6. The van der Waals surface area contributed by atoms with E-state index in [9.17, 15) is 9.90 Å². The third kappa shape index (κ3) is 4.07. The molecule has 0 atom stereocenters. The molecule has 0 bridgehead atoms. The van der Waals surface area contributed by atoms with E-state index in [1.807, 2.05) is 19.1 Å². The van der Waals surface area contributed by atoms with Gasteiger partial charge in [0.25, 0.3) is 0 Å². The number of hydrogen-bond acceptors (Lipinski definition) is 4. The number of aromatic hydroxyl groups is 1. The van der Waals surface area contributed by atoms with Crippen LogP contribution in [0.25, 0.3) is 0 Å². The molecule has 1 N–H and O–H groups in total. The van der Waals surface area contributed by atoms with Gasteiger partial charge in [0.1, 0.15) is 5.75 Å². The van der Waals surface area contributed by atoms with E-state index in [2.05, 4.69) is 27.6 Å². The standard InChI is InChI=1S/C17H16INO3/c1-3-22-17(21)12-4-6-14(7-5-12)19-10-13-8-11(2)9-15(18)16(13)20/h4-10,20H,3H2,1-2H3/b19-10+. The second-order valence-electron chi connectivity index (χ2n) is 4.71. The fourth-order valence-electron chi connectivity index (χ4n) is 1.90. The van der Waals surface area contributed by atoms with Crippen LogP contribution in [0.2, 0.25) is 0 Å². The van der Waals surface area contributed by atoms with Gasteiger partial charge in [0.05, 0.1) is 21.4 Å². The lowest BCUT2D eigenvalue weighted by Gasteiger charge is -2.04. The molecule has 2 aromatic carbocycles. The lowest BCUT2D eigenvalue weighted by Crippen LogP contribution is -2.03. The molecule has 0 aliphatic rings. The summed E-state index contributed by atoms with van der Waals surface area (Å²) in [5.41, 5.74) is 2.91. The fraction of sp³-hybridized carbons (Fsp3) is 0.176. The van der Waals surface area contributed by atoms with Gasteiger partial charge in [-0.2, -0.15) is 0 Å². The van der Waals surface area contributed by atoms with Crippen LogP contribution in [-0.4, -0.2) is 23.9 Å². The molecule has 0 radical (unpaired) electrons. The van der Waals surface area contributed by atoms with E-state index < -0.39 is 0 Å². The van der Waals surface area contributed by atoms with Crippen LogP contribution in [0, 0.1) is 10.5 Å². The van der Waals surface area contributed by atoms with Crippen LogP contribution in [0.5, 0.6) is 5.75 Å². The molecule has 0 saturated carbocycles. The van der Waals surface area contributed by atoms with Gasteiger partial charge in [0, 0.05) is 11.8 Å². The van der Waals surface area contributed by atoms with Gasteiger partial charge >= 0.3 is 5.97 Å². The first-order valence-corrected chi connectivity index (χ1v) is 7.89. The highest BCUT2D eigenvalue weighted by atomic mass is 127. The van der Waals surface area contributed by atoms with Crippen LogP contribution in [0.1, 0.15) is 28.4 Å². The highest BCUT2D eigenvalue weighted by molar-refractivity contribution is 14.1. The summed E-state index contributed by atoms with van der Waals surface area (Å²) in [7, 11) is 0. The number of phenols is 1. The number of hydrogen-bond donors (Lipinski definition) is 1. The Morgan fingerprint density at radius 2 is 2.00 bits per heavy atom. The van der Waals surface area contributed by atoms with E-state index in [1.165, 1.54) is 0 Å². The van der Waals surface area contributed by atoms with Crippen LogP contribution in [0.15, 0.2) is 41.4 Å². The molecule has 0 saturated heterocycles. The first-order valence-electron chi connectivity index (χ1n) is 6.81. The molecule has 0 aliphatic heterocycles. The summed E-state index contributed by atoms with van der Waals surface area (Å²) in [4.78, 5) is 15.9. The Morgan fingerprint density at radius 3 is 2.64 bits per heavy atom.